The van der Waals surface area contributed by atoms with Gasteiger partial charge in [0, 0.05) is 29.4 Å². The number of aromatic nitrogens is 2. The van der Waals surface area contributed by atoms with E-state index in [0.29, 0.717) is 46.7 Å². The standard InChI is InChI=1S/C28H33FN4O3/c1-17-20(7-6-10-23(17)30)21-8-5-9-22(26(21)29)24-15-31-25(27(32-24)35-3)16-33(2)19-13-11-18(12-14-19)28(34)36-4/h5-10,15,18-19H,11-14,16,30H2,1-4H3. The fourth-order valence-electron chi connectivity index (χ4n) is 4.97. The minimum atomic E-state index is -0.380. The van der Waals surface area contributed by atoms with E-state index in [4.69, 9.17) is 15.2 Å². The molecule has 0 aliphatic heterocycles. The van der Waals surface area contributed by atoms with Crippen molar-refractivity contribution in [1.82, 2.24) is 14.9 Å². The number of nitrogen functional groups attached to an aromatic ring is 1. The molecule has 1 heterocycles. The van der Waals surface area contributed by atoms with Crippen LogP contribution in [0, 0.1) is 18.7 Å². The average Bonchev–Trinajstić information content (AvgIpc) is 2.90. The highest BCUT2D eigenvalue weighted by Gasteiger charge is 2.29. The monoisotopic (exact) mass is 492 g/mol. The van der Waals surface area contributed by atoms with Crippen molar-refractivity contribution in [2.45, 2.75) is 45.2 Å². The van der Waals surface area contributed by atoms with E-state index >= 15 is 4.39 Å². The molecule has 1 aromatic heterocycles. The van der Waals surface area contributed by atoms with Crippen LogP contribution in [-0.2, 0) is 16.1 Å². The van der Waals surface area contributed by atoms with Crippen molar-refractivity contribution in [2.75, 3.05) is 27.0 Å². The van der Waals surface area contributed by atoms with Gasteiger partial charge in [0.2, 0.25) is 5.88 Å². The zero-order valence-electron chi connectivity index (χ0n) is 21.3. The number of carbonyl (C=O) groups excluding carboxylic acids is 1. The number of esters is 1. The zero-order valence-corrected chi connectivity index (χ0v) is 21.3. The number of methoxy groups -OCH3 is 2. The molecule has 1 aliphatic carbocycles. The Morgan fingerprint density at radius 3 is 2.44 bits per heavy atom. The van der Waals surface area contributed by atoms with Crippen molar-refractivity contribution < 1.29 is 18.7 Å². The molecule has 8 heteroatoms. The molecule has 0 unspecified atom stereocenters. The summed E-state index contributed by atoms with van der Waals surface area (Å²) in [5, 5.41) is 0. The summed E-state index contributed by atoms with van der Waals surface area (Å²) in [6, 6.07) is 11.0. The van der Waals surface area contributed by atoms with Crippen LogP contribution in [0.1, 0.15) is 36.9 Å². The van der Waals surface area contributed by atoms with Crippen molar-refractivity contribution in [2.24, 2.45) is 5.92 Å². The number of carbonyl (C=O) groups is 1. The molecule has 0 saturated heterocycles. The van der Waals surface area contributed by atoms with E-state index in [9.17, 15) is 4.79 Å². The number of benzene rings is 2. The van der Waals surface area contributed by atoms with E-state index < -0.39 is 0 Å². The predicted molar refractivity (Wildman–Crippen MR) is 138 cm³/mol. The lowest BCUT2D eigenvalue weighted by Gasteiger charge is -2.33. The maximum Gasteiger partial charge on any atom is 0.308 e. The maximum absolute atomic E-state index is 15.7. The van der Waals surface area contributed by atoms with Crippen LogP contribution in [0.4, 0.5) is 10.1 Å². The SMILES string of the molecule is COC(=O)C1CCC(N(C)Cc2ncc(-c3cccc(-c4cccc(N)c4C)c3F)nc2OC)CC1. The third-order valence-corrected chi connectivity index (χ3v) is 7.20. The Morgan fingerprint density at radius 2 is 1.75 bits per heavy atom. The van der Waals surface area contributed by atoms with Crippen LogP contribution in [0.2, 0.25) is 0 Å². The molecule has 36 heavy (non-hydrogen) atoms. The Labute approximate surface area is 211 Å². The summed E-state index contributed by atoms with van der Waals surface area (Å²) in [6.07, 6.45) is 5.03. The number of hydrogen-bond donors (Lipinski definition) is 1. The fraction of sp³-hybridized carbons (Fsp3) is 0.393. The first-order valence-electron chi connectivity index (χ1n) is 12.2. The molecular formula is C28H33FN4O3. The summed E-state index contributed by atoms with van der Waals surface area (Å²) in [5.74, 6) is -0.154. The molecule has 7 nitrogen and oxygen atoms in total. The van der Waals surface area contributed by atoms with Crippen molar-refractivity contribution >= 4 is 11.7 Å². The number of anilines is 1. The zero-order chi connectivity index (χ0) is 25.8. The molecule has 0 spiro atoms. The Kier molecular flexibility index (Phi) is 7.84. The number of rotatable bonds is 7. The van der Waals surface area contributed by atoms with Gasteiger partial charge >= 0.3 is 5.97 Å². The molecule has 2 aromatic carbocycles. The highest BCUT2D eigenvalue weighted by Crippen LogP contribution is 2.34. The van der Waals surface area contributed by atoms with Crippen LogP contribution in [-0.4, -0.2) is 48.1 Å². The van der Waals surface area contributed by atoms with Crippen LogP contribution in [0.15, 0.2) is 42.6 Å². The number of nitrogens with zero attached hydrogens (tertiary/aromatic N) is 3. The molecule has 3 aromatic rings. The molecule has 2 N–H and O–H groups in total. The van der Waals surface area contributed by atoms with Crippen molar-refractivity contribution in [1.29, 1.82) is 0 Å². The summed E-state index contributed by atoms with van der Waals surface area (Å²) < 4.78 is 26.1. The van der Waals surface area contributed by atoms with Crippen molar-refractivity contribution in [3.8, 4) is 28.3 Å². The number of ether oxygens (including phenoxy) is 2. The van der Waals surface area contributed by atoms with Gasteiger partial charge in [-0.1, -0.05) is 24.3 Å². The first kappa shape index (κ1) is 25.6. The summed E-state index contributed by atoms with van der Waals surface area (Å²) in [6.45, 7) is 2.42. The Hall–Kier alpha value is -3.52. The first-order valence-corrected chi connectivity index (χ1v) is 12.2. The van der Waals surface area contributed by atoms with Gasteiger partial charge in [0.05, 0.1) is 32.0 Å². The molecule has 1 aliphatic rings. The van der Waals surface area contributed by atoms with E-state index in [2.05, 4.69) is 14.9 Å². The lowest BCUT2D eigenvalue weighted by Crippen LogP contribution is -2.36. The summed E-state index contributed by atoms with van der Waals surface area (Å²) >= 11 is 0. The van der Waals surface area contributed by atoms with Gasteiger partial charge in [-0.15, -0.1) is 0 Å². The van der Waals surface area contributed by atoms with Gasteiger partial charge in [0.25, 0.3) is 0 Å². The van der Waals surface area contributed by atoms with Crippen molar-refractivity contribution in [3.63, 3.8) is 0 Å². The molecule has 1 fully saturated rings. The Bertz CT molecular complexity index is 1240. The number of hydrogen-bond acceptors (Lipinski definition) is 7. The molecule has 1 saturated carbocycles. The second-order valence-electron chi connectivity index (χ2n) is 9.34. The van der Waals surface area contributed by atoms with Gasteiger partial charge in [-0.3, -0.25) is 14.7 Å². The molecule has 190 valence electrons. The second kappa shape index (κ2) is 11.0. The summed E-state index contributed by atoms with van der Waals surface area (Å²) in [7, 11) is 5.02. The Balaban J connectivity index is 1.55. The number of halogens is 1. The normalized spacial score (nSPS) is 17.7. The topological polar surface area (TPSA) is 90.6 Å². The van der Waals surface area contributed by atoms with E-state index in [1.807, 2.05) is 26.1 Å². The molecule has 0 amide bonds. The molecule has 0 bridgehead atoms. The van der Waals surface area contributed by atoms with E-state index in [1.54, 1.807) is 37.6 Å². The quantitative estimate of drug-likeness (QED) is 0.366. The highest BCUT2D eigenvalue weighted by atomic mass is 19.1. The third-order valence-electron chi connectivity index (χ3n) is 7.20. The third kappa shape index (κ3) is 5.18. The van der Waals surface area contributed by atoms with E-state index in [1.165, 1.54) is 7.11 Å². The smallest absolute Gasteiger partial charge is 0.308 e. The van der Waals surface area contributed by atoms with Crippen LogP contribution in [0.5, 0.6) is 5.88 Å². The van der Waals surface area contributed by atoms with Gasteiger partial charge < -0.3 is 15.2 Å². The van der Waals surface area contributed by atoms with Gasteiger partial charge in [-0.2, -0.15) is 0 Å². The molecule has 4 rings (SSSR count). The summed E-state index contributed by atoms with van der Waals surface area (Å²) in [4.78, 5) is 23.2. The summed E-state index contributed by atoms with van der Waals surface area (Å²) in [5.41, 5.74) is 10.1. The minimum absolute atomic E-state index is 0.0185. The highest BCUT2D eigenvalue weighted by molar-refractivity contribution is 5.77. The van der Waals surface area contributed by atoms with Gasteiger partial charge in [0.15, 0.2) is 0 Å². The lowest BCUT2D eigenvalue weighted by molar-refractivity contribution is -0.146. The fourth-order valence-corrected chi connectivity index (χ4v) is 4.97. The average molecular weight is 493 g/mol. The molecule has 0 radical (unpaired) electrons. The van der Waals surface area contributed by atoms with Gasteiger partial charge in [-0.05, 0) is 62.9 Å². The minimum Gasteiger partial charge on any atom is -0.480 e. The van der Waals surface area contributed by atoms with Crippen molar-refractivity contribution in [3.05, 3.63) is 59.7 Å². The van der Waals surface area contributed by atoms with E-state index in [0.717, 1.165) is 36.8 Å². The maximum atomic E-state index is 15.7. The number of nitrogens with two attached hydrogens (primary N) is 1. The van der Waals surface area contributed by atoms with Crippen LogP contribution in [0.25, 0.3) is 22.4 Å². The lowest BCUT2D eigenvalue weighted by atomic mass is 9.85. The van der Waals surface area contributed by atoms with Gasteiger partial charge in [-0.25, -0.2) is 9.37 Å². The van der Waals surface area contributed by atoms with Crippen LogP contribution >= 0.6 is 0 Å². The molecular weight excluding hydrogens is 459 g/mol. The second-order valence-corrected chi connectivity index (χ2v) is 9.34. The largest absolute Gasteiger partial charge is 0.480 e. The van der Waals surface area contributed by atoms with Crippen LogP contribution in [0.3, 0.4) is 0 Å². The Morgan fingerprint density at radius 1 is 1.08 bits per heavy atom. The first-order chi connectivity index (χ1) is 17.3. The predicted octanol–water partition coefficient (Wildman–Crippen LogP) is 5.01. The molecule has 0 atom stereocenters. The van der Waals surface area contributed by atoms with E-state index in [-0.39, 0.29) is 17.7 Å². The van der Waals surface area contributed by atoms with Crippen LogP contribution < -0.4 is 10.5 Å². The van der Waals surface area contributed by atoms with Gasteiger partial charge in [0.1, 0.15) is 11.5 Å².